The van der Waals surface area contributed by atoms with E-state index >= 15 is 0 Å². The summed E-state index contributed by atoms with van der Waals surface area (Å²) in [6.07, 6.45) is 0. The molecule has 0 saturated heterocycles. The highest BCUT2D eigenvalue weighted by molar-refractivity contribution is 7.12. The van der Waals surface area contributed by atoms with Gasteiger partial charge in [0.2, 0.25) is 0 Å². The fourth-order valence-corrected chi connectivity index (χ4v) is 4.01. The fourth-order valence-electron chi connectivity index (χ4n) is 2.96. The Bertz CT molecular complexity index is 1040. The van der Waals surface area contributed by atoms with Gasteiger partial charge in [0.05, 0.1) is 21.6 Å². The number of carbonyl (C=O) groups is 2. The first kappa shape index (κ1) is 22.3. The van der Waals surface area contributed by atoms with Crippen LogP contribution in [-0.2, 0) is 0 Å². The van der Waals surface area contributed by atoms with Crippen molar-refractivity contribution in [3.8, 4) is 0 Å². The molecule has 0 aliphatic carbocycles. The molecule has 0 fully saturated rings. The zero-order valence-electron chi connectivity index (χ0n) is 16.5. The van der Waals surface area contributed by atoms with Crippen LogP contribution in [0.1, 0.15) is 31.6 Å². The van der Waals surface area contributed by atoms with Crippen molar-refractivity contribution in [1.82, 2.24) is 10.2 Å². The number of hydrogen-bond acceptors (Lipinski definition) is 4. The second-order valence-electron chi connectivity index (χ2n) is 6.84. The molecule has 8 heteroatoms. The monoisotopic (exact) mass is 461 g/mol. The smallest absolute Gasteiger partial charge is 0.265 e. The van der Waals surface area contributed by atoms with Crippen molar-refractivity contribution in [1.29, 1.82) is 0 Å². The van der Waals surface area contributed by atoms with Gasteiger partial charge in [0.25, 0.3) is 11.8 Å². The number of anilines is 1. The molecule has 1 atom stereocenters. The van der Waals surface area contributed by atoms with E-state index in [4.69, 9.17) is 23.2 Å². The first-order valence-electron chi connectivity index (χ1n) is 9.20. The van der Waals surface area contributed by atoms with E-state index in [9.17, 15) is 9.59 Å². The van der Waals surface area contributed by atoms with Crippen molar-refractivity contribution in [2.45, 2.75) is 6.04 Å². The van der Waals surface area contributed by atoms with Gasteiger partial charge in [-0.2, -0.15) is 0 Å². The first-order chi connectivity index (χ1) is 14.4. The number of hydrogen-bond donors (Lipinski definition) is 2. The van der Waals surface area contributed by atoms with E-state index in [2.05, 4.69) is 10.6 Å². The van der Waals surface area contributed by atoms with Crippen LogP contribution in [0.2, 0.25) is 10.0 Å². The van der Waals surface area contributed by atoms with Crippen molar-refractivity contribution in [3.05, 3.63) is 86.0 Å². The lowest BCUT2D eigenvalue weighted by molar-refractivity contribution is 0.0940. The van der Waals surface area contributed by atoms with Gasteiger partial charge in [0.15, 0.2) is 0 Å². The maximum Gasteiger partial charge on any atom is 0.265 e. The lowest BCUT2D eigenvalue weighted by atomic mass is 10.1. The van der Waals surface area contributed by atoms with Crippen LogP contribution >= 0.6 is 34.5 Å². The molecule has 5 nitrogen and oxygen atoms in total. The Morgan fingerprint density at radius 2 is 1.77 bits per heavy atom. The topological polar surface area (TPSA) is 61.4 Å². The predicted molar refractivity (Wildman–Crippen MR) is 124 cm³/mol. The summed E-state index contributed by atoms with van der Waals surface area (Å²) in [4.78, 5) is 27.6. The average molecular weight is 462 g/mol. The third-order valence-electron chi connectivity index (χ3n) is 4.57. The minimum Gasteiger partial charge on any atom is -0.350 e. The molecule has 30 heavy (non-hydrogen) atoms. The molecule has 3 rings (SSSR count). The van der Waals surface area contributed by atoms with Crippen molar-refractivity contribution in [2.75, 3.05) is 26.0 Å². The first-order valence-corrected chi connectivity index (χ1v) is 10.8. The van der Waals surface area contributed by atoms with Gasteiger partial charge in [0, 0.05) is 17.1 Å². The molecular weight excluding hydrogens is 441 g/mol. The Kier molecular flexibility index (Phi) is 7.50. The Morgan fingerprint density at radius 1 is 1.00 bits per heavy atom. The minimum absolute atomic E-state index is 0.0899. The number of carbonyl (C=O) groups excluding carboxylic acids is 2. The molecule has 1 aromatic heterocycles. The van der Waals surface area contributed by atoms with Gasteiger partial charge < -0.3 is 15.5 Å². The highest BCUT2D eigenvalue weighted by Crippen LogP contribution is 2.27. The van der Waals surface area contributed by atoms with E-state index in [0.29, 0.717) is 32.7 Å². The number of nitrogens with one attached hydrogen (secondary N) is 2. The summed E-state index contributed by atoms with van der Waals surface area (Å²) < 4.78 is 0. The van der Waals surface area contributed by atoms with E-state index in [-0.39, 0.29) is 17.9 Å². The van der Waals surface area contributed by atoms with Crippen LogP contribution in [-0.4, -0.2) is 37.4 Å². The summed E-state index contributed by atoms with van der Waals surface area (Å²) >= 11 is 13.9. The third-order valence-corrected chi connectivity index (χ3v) is 6.11. The van der Waals surface area contributed by atoms with Gasteiger partial charge in [-0.1, -0.05) is 47.5 Å². The highest BCUT2D eigenvalue weighted by atomic mass is 35.5. The third kappa shape index (κ3) is 5.40. The van der Waals surface area contributed by atoms with Crippen molar-refractivity contribution in [2.24, 2.45) is 0 Å². The predicted octanol–water partition coefficient (Wildman–Crippen LogP) is 5.34. The molecule has 0 radical (unpaired) electrons. The molecule has 0 aliphatic heterocycles. The molecule has 0 saturated carbocycles. The van der Waals surface area contributed by atoms with Gasteiger partial charge in [-0.3, -0.25) is 9.59 Å². The molecule has 2 N–H and O–H groups in total. The summed E-state index contributed by atoms with van der Waals surface area (Å²) in [6, 6.07) is 15.8. The normalized spacial score (nSPS) is 11.9. The molecule has 0 bridgehead atoms. The van der Waals surface area contributed by atoms with Gasteiger partial charge >= 0.3 is 0 Å². The van der Waals surface area contributed by atoms with Gasteiger partial charge in [-0.15, -0.1) is 11.3 Å². The van der Waals surface area contributed by atoms with Crippen molar-refractivity contribution in [3.63, 3.8) is 0 Å². The highest BCUT2D eigenvalue weighted by Gasteiger charge is 2.19. The summed E-state index contributed by atoms with van der Waals surface area (Å²) in [7, 11) is 3.86. The Balaban J connectivity index is 1.72. The molecular formula is C22H21Cl2N3O2S. The summed E-state index contributed by atoms with van der Waals surface area (Å²) in [6.45, 7) is 0.370. The lowest BCUT2D eigenvalue weighted by Crippen LogP contribution is -2.34. The zero-order chi connectivity index (χ0) is 21.7. The van der Waals surface area contributed by atoms with E-state index in [0.717, 1.165) is 5.56 Å². The van der Waals surface area contributed by atoms with E-state index in [1.807, 2.05) is 48.6 Å². The molecule has 2 aromatic carbocycles. The molecule has 0 spiro atoms. The Morgan fingerprint density at radius 3 is 2.43 bits per heavy atom. The fraction of sp³-hybridized carbons (Fsp3) is 0.182. The Hall–Kier alpha value is -2.38. The summed E-state index contributed by atoms with van der Waals surface area (Å²) in [5.41, 5.74) is 1.72. The number of halogens is 2. The minimum atomic E-state index is -0.268. The molecule has 156 valence electrons. The molecule has 0 aliphatic rings. The van der Waals surface area contributed by atoms with Crippen LogP contribution in [0.4, 0.5) is 5.69 Å². The SMILES string of the molecule is CN(C)C(CNC(=O)c1ccc(Cl)c(NC(=O)c2cccs2)c1)c1ccccc1Cl. The largest absolute Gasteiger partial charge is 0.350 e. The molecule has 3 aromatic rings. The second kappa shape index (κ2) is 10.1. The van der Waals surface area contributed by atoms with Crippen LogP contribution in [0.5, 0.6) is 0 Å². The number of rotatable bonds is 7. The maximum atomic E-state index is 12.7. The molecule has 2 amide bonds. The van der Waals surface area contributed by atoms with Crippen LogP contribution in [0.25, 0.3) is 0 Å². The van der Waals surface area contributed by atoms with Crippen LogP contribution in [0.3, 0.4) is 0 Å². The number of thiophene rings is 1. The van der Waals surface area contributed by atoms with Gasteiger partial charge in [-0.25, -0.2) is 0 Å². The van der Waals surface area contributed by atoms with Crippen LogP contribution in [0, 0.1) is 0 Å². The number of amides is 2. The number of benzene rings is 2. The number of nitrogens with zero attached hydrogens (tertiary/aromatic N) is 1. The maximum absolute atomic E-state index is 12.7. The summed E-state index contributed by atoms with van der Waals surface area (Å²) in [5.74, 6) is -0.534. The van der Waals surface area contributed by atoms with Crippen LogP contribution in [0.15, 0.2) is 60.0 Å². The zero-order valence-corrected chi connectivity index (χ0v) is 18.8. The average Bonchev–Trinajstić information content (AvgIpc) is 3.25. The quantitative estimate of drug-likeness (QED) is 0.498. The Labute approximate surface area is 189 Å². The van der Waals surface area contributed by atoms with E-state index in [1.54, 1.807) is 30.3 Å². The van der Waals surface area contributed by atoms with E-state index in [1.165, 1.54) is 11.3 Å². The van der Waals surface area contributed by atoms with Gasteiger partial charge in [-0.05, 0) is 55.4 Å². The summed E-state index contributed by atoms with van der Waals surface area (Å²) in [5, 5.41) is 8.53. The lowest BCUT2D eigenvalue weighted by Gasteiger charge is -2.26. The van der Waals surface area contributed by atoms with Crippen molar-refractivity contribution >= 4 is 52.0 Å². The van der Waals surface area contributed by atoms with Crippen molar-refractivity contribution < 1.29 is 9.59 Å². The van der Waals surface area contributed by atoms with Crippen LogP contribution < -0.4 is 10.6 Å². The molecule has 1 heterocycles. The van der Waals surface area contributed by atoms with E-state index < -0.39 is 0 Å². The van der Waals surface area contributed by atoms with Gasteiger partial charge in [0.1, 0.15) is 0 Å². The number of likely N-dealkylation sites (N-methyl/N-ethyl adjacent to an activating group) is 1. The molecule has 1 unspecified atom stereocenters. The second-order valence-corrected chi connectivity index (χ2v) is 8.60. The standard InChI is InChI=1S/C22H21Cl2N3O2S/c1-27(2)19(15-6-3-4-7-16(15)23)13-25-21(28)14-9-10-17(24)18(12-14)26-22(29)20-8-5-11-30-20/h3-12,19H,13H2,1-2H3,(H,25,28)(H,26,29).